The minimum Gasteiger partial charge on any atom is -0.480 e. The summed E-state index contributed by atoms with van der Waals surface area (Å²) in [4.78, 5) is 99.0. The number of carboxylic acid groups (broad SMARTS) is 1. The predicted octanol–water partition coefficient (Wildman–Crippen LogP) is 10.2. The van der Waals surface area contributed by atoms with Crippen molar-refractivity contribution >= 4 is 117 Å². The van der Waals surface area contributed by atoms with Gasteiger partial charge in [-0.2, -0.15) is 0 Å². The summed E-state index contributed by atoms with van der Waals surface area (Å²) < 4.78 is 38.0. The zero-order chi connectivity index (χ0) is 65.8. The maximum atomic E-state index is 13.6. The van der Waals surface area contributed by atoms with Gasteiger partial charge in [-0.25, -0.2) is 9.59 Å². The third-order valence-electron chi connectivity index (χ3n) is 15.1. The molecule has 19 nitrogen and oxygen atoms in total. The van der Waals surface area contributed by atoms with Gasteiger partial charge in [-0.15, -0.1) is 0 Å². The number of aliphatic carboxylic acids is 1. The summed E-state index contributed by atoms with van der Waals surface area (Å²) in [6, 6.07) is 31.6. The molecule has 6 aromatic rings. The molecular weight excluding hydrogens is 1310 g/mol. The number of aliphatic hydroxyl groups is 1. The highest BCUT2D eigenvalue weighted by Gasteiger charge is 2.52. The molecular formula is C66H62Cl6N2O17. The zero-order valence-electron chi connectivity index (χ0n) is 49.3. The van der Waals surface area contributed by atoms with Gasteiger partial charge in [-0.1, -0.05) is 155 Å². The van der Waals surface area contributed by atoms with E-state index in [0.717, 1.165) is 5.56 Å². The highest BCUT2D eigenvalue weighted by atomic mass is 35.5. The molecule has 0 aromatic heterocycles. The molecule has 0 saturated carbocycles. The van der Waals surface area contributed by atoms with Crippen LogP contribution in [0.1, 0.15) is 88.7 Å². The molecule has 3 unspecified atom stereocenters. The summed E-state index contributed by atoms with van der Waals surface area (Å²) in [5, 5.41) is 25.9. The lowest BCUT2D eigenvalue weighted by atomic mass is 9.99. The van der Waals surface area contributed by atoms with Gasteiger partial charge in [0.15, 0.2) is 29.9 Å². The second kappa shape index (κ2) is 32.0. The topological polar surface area (TPSA) is 266 Å². The van der Waals surface area contributed by atoms with Crippen molar-refractivity contribution in [3.8, 4) is 0 Å². The number of Topliss-reactive ketones (excluding diaryl/α,β-unsaturated/α-hetero) is 2. The van der Waals surface area contributed by atoms with E-state index in [1.807, 2.05) is 0 Å². The Bertz CT molecular complexity index is 3600. The van der Waals surface area contributed by atoms with Crippen LogP contribution in [0.5, 0.6) is 0 Å². The molecule has 4 N–H and O–H groups in total. The molecule has 0 spiro atoms. The van der Waals surface area contributed by atoms with E-state index < -0.39 is 72.3 Å². The Morgan fingerprint density at radius 1 is 0.451 bits per heavy atom. The molecule has 0 bridgehead atoms. The highest BCUT2D eigenvalue weighted by Crippen LogP contribution is 2.33. The third-order valence-corrected chi connectivity index (χ3v) is 17.0. The van der Waals surface area contributed by atoms with Crippen molar-refractivity contribution in [1.29, 1.82) is 0 Å². The number of ketones is 2. The molecule has 2 amide bonds. The molecule has 4 fully saturated rings. The predicted molar refractivity (Wildman–Crippen MR) is 338 cm³/mol. The Kier molecular flexibility index (Phi) is 24.6. The minimum atomic E-state index is -1.17. The maximum Gasteiger partial charge on any atom is 0.329 e. The first-order chi connectivity index (χ1) is 43.4. The van der Waals surface area contributed by atoms with Gasteiger partial charge in [-0.05, 0) is 83.6 Å². The van der Waals surface area contributed by atoms with E-state index in [9.17, 15) is 48.6 Å². The van der Waals surface area contributed by atoms with Crippen LogP contribution in [0.2, 0.25) is 30.1 Å². The van der Waals surface area contributed by atoms with Crippen LogP contribution < -0.4 is 10.6 Å². The van der Waals surface area contributed by atoms with Gasteiger partial charge in [0.1, 0.15) is 42.6 Å². The average molecular weight is 1370 g/mol. The molecule has 0 aliphatic carbocycles. The molecule has 0 radical (unpaired) electrons. The van der Waals surface area contributed by atoms with Crippen LogP contribution in [0.4, 0.5) is 0 Å². The fourth-order valence-corrected chi connectivity index (χ4v) is 12.5. The number of halogens is 6. The summed E-state index contributed by atoms with van der Waals surface area (Å²) in [7, 11) is 0. The first kappa shape index (κ1) is 69.9. The summed E-state index contributed by atoms with van der Waals surface area (Å²) >= 11 is 37.1. The molecule has 91 heavy (non-hydrogen) atoms. The number of carbonyl (C=O) groups is 8. The van der Waals surface area contributed by atoms with Gasteiger partial charge in [-0.3, -0.25) is 28.8 Å². The Morgan fingerprint density at radius 2 is 0.769 bits per heavy atom. The number of ether oxygens (including phenoxy) is 7. The van der Waals surface area contributed by atoms with Crippen LogP contribution >= 0.6 is 69.6 Å². The van der Waals surface area contributed by atoms with Crippen LogP contribution in [0.25, 0.3) is 0 Å². The number of nitrogens with one attached hydrogen (secondary N) is 2. The molecule has 6 aromatic carbocycles. The van der Waals surface area contributed by atoms with Crippen molar-refractivity contribution in [1.82, 2.24) is 10.6 Å². The summed E-state index contributed by atoms with van der Waals surface area (Å²) in [5.74, 6) is -4.22. The molecule has 10 rings (SSSR count). The Balaban J connectivity index is 0.000000201. The monoisotopic (exact) mass is 1360 g/mol. The van der Waals surface area contributed by atoms with Gasteiger partial charge in [0.05, 0.1) is 78.8 Å². The van der Waals surface area contributed by atoms with E-state index in [1.54, 1.807) is 135 Å². The van der Waals surface area contributed by atoms with Crippen molar-refractivity contribution < 1.29 is 81.7 Å². The van der Waals surface area contributed by atoms with Crippen molar-refractivity contribution in [2.45, 2.75) is 114 Å². The number of aliphatic hydroxyl groups excluding tert-OH is 1. The number of rotatable bonds is 19. The van der Waals surface area contributed by atoms with Gasteiger partial charge in [0.2, 0.25) is 0 Å². The highest BCUT2D eigenvalue weighted by molar-refractivity contribution is 6.40. The quantitative estimate of drug-likeness (QED) is 0.0334. The van der Waals surface area contributed by atoms with Crippen LogP contribution in [0.15, 0.2) is 121 Å². The van der Waals surface area contributed by atoms with Crippen molar-refractivity contribution in [3.63, 3.8) is 0 Å². The summed E-state index contributed by atoms with van der Waals surface area (Å²) in [6.07, 6.45) is -3.83. The fourth-order valence-electron chi connectivity index (χ4n) is 10.7. The van der Waals surface area contributed by atoms with E-state index in [-0.39, 0.29) is 134 Å². The standard InChI is InChI=1S/C33H30Cl3NO8.C25H20Cl3NO4.C8H12O5/c1-17-5-3-6-21(34)28(17)32(40)37-24(33(41)45-27-16-43-30-26(44-18(2)38)15-42-31(27)30)13-19-9-11-20(12-10-19)14-25(39)29-22(35)7-4-8-23(29)36;1-14-4-2-5-17(26)22(14)24(31)29-20(25(32)33)12-15-8-10-16(11-9-15)13-21(30)23-18(27)6-3-7-19(23)28;1-4(9)13-6-3-12-7-5(10)2-11-8(6)7/h3-12,24,26-27,30-31H,13-16H2,1-2H3,(H,37,40);2-11,20H,12-13H2,1H3,(H,29,31)(H,32,33);5-8,10H,2-3H2,1H3/t24?,26-,27?,30+,31+;;5-,6+,7-,8-/m0.1/s1. The SMILES string of the molecule is CC(=O)O[C@H]1CO[C@@H]2C(OC(=O)C(Cc3ccc(CC(=O)c4c(Cl)cccc4Cl)cc3)NC(=O)c3c(C)cccc3Cl)CO[C@H]12.CC(=O)O[C@H]1CO[C@H]2[C@@H]1OC[C@H]2O.Cc1cccc(Cl)c1C(=O)NC(Cc1ccc(CC(=O)c2c(Cl)cccc2Cl)cc1)C(=O)O. The largest absolute Gasteiger partial charge is 0.480 e. The van der Waals surface area contributed by atoms with Crippen LogP contribution in [-0.4, -0.2) is 145 Å². The molecule has 4 aliphatic rings. The Morgan fingerprint density at radius 3 is 1.15 bits per heavy atom. The first-order valence-corrected chi connectivity index (χ1v) is 30.8. The number of carboxylic acids is 1. The average Bonchev–Trinajstić information content (AvgIpc) is 1.96. The normalized spacial score (nSPS) is 20.8. The van der Waals surface area contributed by atoms with Crippen LogP contribution in [0.3, 0.4) is 0 Å². The number of aryl methyl sites for hydroxylation is 2. The van der Waals surface area contributed by atoms with Gasteiger partial charge >= 0.3 is 23.9 Å². The smallest absolute Gasteiger partial charge is 0.329 e. The van der Waals surface area contributed by atoms with Gasteiger partial charge in [0, 0.05) is 39.5 Å². The van der Waals surface area contributed by atoms with Crippen LogP contribution in [-0.2, 0) is 78.0 Å². The van der Waals surface area contributed by atoms with E-state index in [0.29, 0.717) is 34.4 Å². The van der Waals surface area contributed by atoms with Crippen molar-refractivity contribution in [3.05, 3.63) is 207 Å². The number of esters is 3. The maximum absolute atomic E-state index is 13.6. The second-order valence-electron chi connectivity index (χ2n) is 21.7. The van der Waals surface area contributed by atoms with E-state index in [2.05, 4.69) is 10.6 Å². The number of fused-ring (bicyclic) bond motifs is 2. The molecule has 10 atom stereocenters. The number of amides is 2. The molecule has 4 heterocycles. The van der Waals surface area contributed by atoms with E-state index in [1.165, 1.54) is 13.8 Å². The van der Waals surface area contributed by atoms with Crippen molar-refractivity contribution in [2.24, 2.45) is 0 Å². The minimum absolute atomic E-state index is 0.0430. The lowest BCUT2D eigenvalue weighted by molar-refractivity contribution is -0.156. The third kappa shape index (κ3) is 18.2. The van der Waals surface area contributed by atoms with Gasteiger partial charge in [0.25, 0.3) is 11.8 Å². The van der Waals surface area contributed by atoms with E-state index >= 15 is 0 Å². The van der Waals surface area contributed by atoms with Crippen molar-refractivity contribution in [2.75, 3.05) is 26.4 Å². The lowest BCUT2D eigenvalue weighted by Crippen LogP contribution is -2.46. The molecule has 480 valence electrons. The number of benzene rings is 6. The molecule has 4 saturated heterocycles. The number of hydrogen-bond acceptors (Lipinski definition) is 16. The van der Waals surface area contributed by atoms with E-state index in [4.69, 9.17) is 103 Å². The fraction of sp³-hybridized carbons (Fsp3) is 0.333. The second-order valence-corrected chi connectivity index (χ2v) is 24.2. The van der Waals surface area contributed by atoms with Crippen LogP contribution in [0, 0.1) is 13.8 Å². The van der Waals surface area contributed by atoms with Gasteiger partial charge < -0.3 is 54.0 Å². The number of carbonyl (C=O) groups excluding carboxylic acids is 7. The molecule has 4 aliphatic heterocycles. The zero-order valence-corrected chi connectivity index (χ0v) is 53.8. The Labute approximate surface area is 553 Å². The lowest BCUT2D eigenvalue weighted by Gasteiger charge is -2.23. The Hall–Kier alpha value is -6.98. The number of hydrogen-bond donors (Lipinski definition) is 4. The summed E-state index contributed by atoms with van der Waals surface area (Å²) in [6.45, 7) is 6.85. The summed E-state index contributed by atoms with van der Waals surface area (Å²) in [5.41, 5.74) is 5.14. The molecule has 25 heteroatoms. The first-order valence-electron chi connectivity index (χ1n) is 28.5.